The number of ether oxygens (including phenoxy) is 3. The fourth-order valence-electron chi connectivity index (χ4n) is 4.91. The number of carbonyl (C=O) groups excluding carboxylic acids is 2. The molecule has 1 aliphatic heterocycles. The normalized spacial score (nSPS) is 15.7. The molecular formula is C31H44N6O6. The van der Waals surface area contributed by atoms with Gasteiger partial charge in [0, 0.05) is 43.8 Å². The number of aliphatic hydroxyl groups excluding tert-OH is 1. The molecule has 0 radical (unpaired) electrons. The lowest BCUT2D eigenvalue weighted by atomic mass is 10.1. The maximum atomic E-state index is 13.9. The first-order valence-electron chi connectivity index (χ1n) is 14.8. The Morgan fingerprint density at radius 3 is 2.40 bits per heavy atom. The van der Waals surface area contributed by atoms with E-state index in [9.17, 15) is 14.7 Å². The molecule has 4 rings (SSSR count). The second-order valence-electron chi connectivity index (χ2n) is 12.5. The number of benzene rings is 1. The van der Waals surface area contributed by atoms with Gasteiger partial charge in [-0.1, -0.05) is 0 Å². The van der Waals surface area contributed by atoms with Gasteiger partial charge < -0.3 is 29.5 Å². The van der Waals surface area contributed by atoms with Gasteiger partial charge in [0.2, 0.25) is 0 Å². The largest absolute Gasteiger partial charge is 0.494 e. The summed E-state index contributed by atoms with van der Waals surface area (Å²) in [5, 5.41) is 18.2. The van der Waals surface area contributed by atoms with Crippen molar-refractivity contribution in [1.29, 1.82) is 0 Å². The van der Waals surface area contributed by atoms with Gasteiger partial charge in [-0.25, -0.2) is 19.5 Å². The lowest BCUT2D eigenvalue weighted by Gasteiger charge is -2.35. The molecule has 43 heavy (non-hydrogen) atoms. The molecule has 1 atom stereocenters. The number of nitrogens with one attached hydrogen (secondary N) is 1. The molecule has 0 spiro atoms. The van der Waals surface area contributed by atoms with Crippen LogP contribution in [0.15, 0.2) is 36.5 Å². The average molecular weight is 597 g/mol. The van der Waals surface area contributed by atoms with Crippen molar-refractivity contribution < 1.29 is 28.9 Å². The number of aromatic nitrogens is 3. The highest BCUT2D eigenvalue weighted by Gasteiger charge is 2.33. The molecule has 0 aliphatic carbocycles. The molecule has 2 aromatic heterocycles. The maximum absolute atomic E-state index is 13.9. The Morgan fingerprint density at radius 2 is 1.77 bits per heavy atom. The molecule has 0 bridgehead atoms. The minimum Gasteiger partial charge on any atom is -0.494 e. The highest BCUT2D eigenvalue weighted by molar-refractivity contribution is 5.97. The van der Waals surface area contributed by atoms with Crippen LogP contribution in [0.2, 0.25) is 0 Å². The van der Waals surface area contributed by atoms with Crippen molar-refractivity contribution in [2.24, 2.45) is 0 Å². The number of nitrogens with zero attached hydrogens (tertiary/aromatic N) is 5. The summed E-state index contributed by atoms with van der Waals surface area (Å²) in [5.41, 5.74) is 0.231. The number of hydrogen-bond acceptors (Lipinski definition) is 9. The third-order valence-corrected chi connectivity index (χ3v) is 6.58. The smallest absolute Gasteiger partial charge is 0.420 e. The Morgan fingerprint density at radius 1 is 1.07 bits per heavy atom. The molecule has 12 nitrogen and oxygen atoms in total. The number of aliphatic hydroxyl groups is 1. The predicted molar refractivity (Wildman–Crippen MR) is 164 cm³/mol. The summed E-state index contributed by atoms with van der Waals surface area (Å²) in [5.74, 6) is 1.55. The van der Waals surface area contributed by atoms with Crippen molar-refractivity contribution in [3.8, 4) is 5.75 Å². The van der Waals surface area contributed by atoms with Crippen molar-refractivity contribution in [2.45, 2.75) is 85.0 Å². The summed E-state index contributed by atoms with van der Waals surface area (Å²) >= 11 is 0. The van der Waals surface area contributed by atoms with Crippen molar-refractivity contribution in [3.05, 3.63) is 42.1 Å². The summed E-state index contributed by atoms with van der Waals surface area (Å²) in [4.78, 5) is 34.7. The van der Waals surface area contributed by atoms with Crippen molar-refractivity contribution in [2.75, 3.05) is 36.5 Å². The second kappa shape index (κ2) is 13.1. The summed E-state index contributed by atoms with van der Waals surface area (Å²) in [6.07, 6.45) is 2.39. The first kappa shape index (κ1) is 31.9. The van der Waals surface area contributed by atoms with Crippen LogP contribution in [0.4, 0.5) is 26.9 Å². The number of likely N-dealkylation sites (tertiary alicyclic amines) is 1. The third kappa shape index (κ3) is 8.07. The van der Waals surface area contributed by atoms with Gasteiger partial charge in [0.05, 0.1) is 18.5 Å². The number of fused-ring (bicyclic) bond motifs is 1. The standard InChI is InChI=1S/C31H44N6O6/c1-8-41-23-13-11-22(12-14-23)36(29(40)43-31(5,6)7)27-24(16-19-38)26(34-25-15-17-32-37(25)27)33-21-10-9-18-35(20-21)28(39)42-30(2,3)4/h11-15,17,21,38H,8-10,16,18-20H2,1-7H3,(H,33,34)/t21-/m0/s1. The van der Waals surface area contributed by atoms with E-state index in [0.29, 0.717) is 54.0 Å². The SMILES string of the molecule is CCOc1ccc(N(C(=O)OC(C)(C)C)c2c(CCO)c(N[C@H]3CCCN(C(=O)OC(C)(C)C)C3)nc3ccnn23)cc1. The van der Waals surface area contributed by atoms with Crippen molar-refractivity contribution in [1.82, 2.24) is 19.5 Å². The zero-order valence-electron chi connectivity index (χ0n) is 26.2. The fourth-order valence-corrected chi connectivity index (χ4v) is 4.91. The first-order valence-corrected chi connectivity index (χ1v) is 14.8. The van der Waals surface area contributed by atoms with Crippen LogP contribution < -0.4 is 15.0 Å². The van der Waals surface area contributed by atoms with E-state index in [1.807, 2.05) is 27.7 Å². The van der Waals surface area contributed by atoms with E-state index in [1.54, 1.807) is 66.7 Å². The van der Waals surface area contributed by atoms with E-state index < -0.39 is 17.3 Å². The van der Waals surface area contributed by atoms with Gasteiger partial charge in [-0.15, -0.1) is 0 Å². The molecule has 1 aromatic carbocycles. The molecule has 2 N–H and O–H groups in total. The number of rotatable bonds is 8. The maximum Gasteiger partial charge on any atom is 0.420 e. The average Bonchev–Trinajstić information content (AvgIpc) is 3.38. The highest BCUT2D eigenvalue weighted by Crippen LogP contribution is 2.36. The summed E-state index contributed by atoms with van der Waals surface area (Å²) in [6, 6.07) is 8.74. The molecule has 3 heterocycles. The van der Waals surface area contributed by atoms with Gasteiger partial charge in [0.25, 0.3) is 0 Å². The van der Waals surface area contributed by atoms with E-state index in [-0.39, 0.29) is 25.2 Å². The van der Waals surface area contributed by atoms with Gasteiger partial charge in [0.15, 0.2) is 11.5 Å². The molecular weight excluding hydrogens is 552 g/mol. The summed E-state index contributed by atoms with van der Waals surface area (Å²) in [7, 11) is 0. The van der Waals surface area contributed by atoms with Crippen molar-refractivity contribution in [3.63, 3.8) is 0 Å². The molecule has 2 amide bonds. The van der Waals surface area contributed by atoms with E-state index in [0.717, 1.165) is 12.8 Å². The van der Waals surface area contributed by atoms with Crippen molar-refractivity contribution >= 4 is 35.2 Å². The fraction of sp³-hybridized carbons (Fsp3) is 0.548. The topological polar surface area (TPSA) is 131 Å². The van der Waals surface area contributed by atoms with Crippen LogP contribution in [0.5, 0.6) is 5.75 Å². The number of carbonyl (C=O) groups is 2. The zero-order valence-corrected chi connectivity index (χ0v) is 26.2. The number of piperidine rings is 1. The Kier molecular flexibility index (Phi) is 9.69. The lowest BCUT2D eigenvalue weighted by molar-refractivity contribution is 0.0206. The lowest BCUT2D eigenvalue weighted by Crippen LogP contribution is -2.47. The van der Waals surface area contributed by atoms with Crippen LogP contribution in [0, 0.1) is 0 Å². The van der Waals surface area contributed by atoms with Crippen LogP contribution >= 0.6 is 0 Å². The predicted octanol–water partition coefficient (Wildman–Crippen LogP) is 5.55. The number of hydrogen-bond donors (Lipinski definition) is 2. The van der Waals surface area contributed by atoms with Crippen LogP contribution in [-0.4, -0.2) is 80.3 Å². The van der Waals surface area contributed by atoms with Crippen LogP contribution in [0.1, 0.15) is 66.9 Å². The van der Waals surface area contributed by atoms with Gasteiger partial charge in [-0.3, -0.25) is 0 Å². The van der Waals surface area contributed by atoms with Gasteiger partial charge in [-0.05, 0) is 85.6 Å². The minimum atomic E-state index is -0.775. The molecule has 12 heteroatoms. The van der Waals surface area contributed by atoms with E-state index in [1.165, 1.54) is 4.90 Å². The van der Waals surface area contributed by atoms with E-state index in [4.69, 9.17) is 19.2 Å². The number of anilines is 3. The monoisotopic (exact) mass is 596 g/mol. The molecule has 234 valence electrons. The van der Waals surface area contributed by atoms with Gasteiger partial charge >= 0.3 is 12.2 Å². The summed E-state index contributed by atoms with van der Waals surface area (Å²) in [6.45, 7) is 14.2. The Hall–Kier alpha value is -4.06. The van der Waals surface area contributed by atoms with Gasteiger partial charge in [0.1, 0.15) is 22.8 Å². The Bertz CT molecular complexity index is 1410. The summed E-state index contributed by atoms with van der Waals surface area (Å²) < 4.78 is 18.7. The highest BCUT2D eigenvalue weighted by atomic mass is 16.6. The van der Waals surface area contributed by atoms with Gasteiger partial charge in [-0.2, -0.15) is 9.61 Å². The molecule has 1 fully saturated rings. The molecule has 0 saturated carbocycles. The Balaban J connectivity index is 1.79. The van der Waals surface area contributed by atoms with Crippen LogP contribution in [-0.2, 0) is 15.9 Å². The van der Waals surface area contributed by atoms with Crippen LogP contribution in [0.3, 0.4) is 0 Å². The minimum absolute atomic E-state index is 0.134. The number of amides is 2. The van der Waals surface area contributed by atoms with Crippen LogP contribution in [0.25, 0.3) is 5.65 Å². The third-order valence-electron chi connectivity index (χ3n) is 6.58. The second-order valence-corrected chi connectivity index (χ2v) is 12.5. The quantitative estimate of drug-likeness (QED) is 0.344. The molecule has 1 saturated heterocycles. The van der Waals surface area contributed by atoms with E-state index >= 15 is 0 Å². The molecule has 1 aliphatic rings. The molecule has 0 unspecified atom stereocenters. The Labute approximate surface area is 252 Å². The molecule has 3 aromatic rings. The zero-order chi connectivity index (χ0) is 31.4. The van der Waals surface area contributed by atoms with E-state index in [2.05, 4.69) is 10.4 Å². The first-order chi connectivity index (χ1) is 20.3.